The molecule has 4 nitrogen and oxygen atoms in total. The lowest BCUT2D eigenvalue weighted by atomic mass is 10.1. The average molecular weight is 192 g/mol. The SMILES string of the molecule is NC(=O)c1cccc2c1CNCCO2. The van der Waals surface area contributed by atoms with Gasteiger partial charge in [-0.05, 0) is 12.1 Å². The maximum Gasteiger partial charge on any atom is 0.249 e. The summed E-state index contributed by atoms with van der Waals surface area (Å²) in [5, 5.41) is 3.17. The summed E-state index contributed by atoms with van der Waals surface area (Å²) in [6.07, 6.45) is 0. The van der Waals surface area contributed by atoms with Gasteiger partial charge >= 0.3 is 0 Å². The molecule has 4 heteroatoms. The monoisotopic (exact) mass is 192 g/mol. The Morgan fingerprint density at radius 2 is 2.36 bits per heavy atom. The number of primary amides is 1. The molecule has 1 heterocycles. The molecule has 1 aromatic rings. The van der Waals surface area contributed by atoms with Crippen LogP contribution in [0.25, 0.3) is 0 Å². The third-order valence-electron chi connectivity index (χ3n) is 2.24. The molecule has 0 bridgehead atoms. The topological polar surface area (TPSA) is 64.4 Å². The minimum atomic E-state index is -0.408. The van der Waals surface area contributed by atoms with Crippen LogP contribution >= 0.6 is 0 Å². The van der Waals surface area contributed by atoms with Gasteiger partial charge < -0.3 is 15.8 Å². The quantitative estimate of drug-likeness (QED) is 0.671. The number of nitrogens with one attached hydrogen (secondary N) is 1. The Balaban J connectivity index is 2.47. The molecule has 1 aliphatic rings. The van der Waals surface area contributed by atoms with Crippen molar-refractivity contribution in [3.63, 3.8) is 0 Å². The van der Waals surface area contributed by atoms with Gasteiger partial charge in [0.2, 0.25) is 5.91 Å². The highest BCUT2D eigenvalue weighted by atomic mass is 16.5. The number of carbonyl (C=O) groups is 1. The van der Waals surface area contributed by atoms with Crippen LogP contribution in [0, 0.1) is 0 Å². The molecule has 1 aliphatic heterocycles. The summed E-state index contributed by atoms with van der Waals surface area (Å²) < 4.78 is 5.47. The van der Waals surface area contributed by atoms with Gasteiger partial charge in [0.05, 0.1) is 0 Å². The second-order valence-corrected chi connectivity index (χ2v) is 3.17. The van der Waals surface area contributed by atoms with Gasteiger partial charge in [0.25, 0.3) is 0 Å². The molecule has 2 rings (SSSR count). The summed E-state index contributed by atoms with van der Waals surface area (Å²) in [7, 11) is 0. The molecule has 0 saturated carbocycles. The van der Waals surface area contributed by atoms with Gasteiger partial charge in [0.15, 0.2) is 0 Å². The van der Waals surface area contributed by atoms with E-state index in [4.69, 9.17) is 10.5 Å². The van der Waals surface area contributed by atoms with Crippen molar-refractivity contribution in [1.29, 1.82) is 0 Å². The van der Waals surface area contributed by atoms with E-state index < -0.39 is 5.91 Å². The van der Waals surface area contributed by atoms with Gasteiger partial charge in [-0.3, -0.25) is 4.79 Å². The number of amides is 1. The number of fused-ring (bicyclic) bond motifs is 1. The first kappa shape index (κ1) is 9.02. The zero-order chi connectivity index (χ0) is 9.97. The van der Waals surface area contributed by atoms with Crippen LogP contribution in [0.1, 0.15) is 15.9 Å². The molecule has 0 unspecified atom stereocenters. The third kappa shape index (κ3) is 1.56. The smallest absolute Gasteiger partial charge is 0.249 e. The van der Waals surface area contributed by atoms with E-state index >= 15 is 0 Å². The standard InChI is InChI=1S/C10H12N2O2/c11-10(13)7-2-1-3-9-8(7)6-12-4-5-14-9/h1-3,12H,4-6H2,(H2,11,13). The van der Waals surface area contributed by atoms with E-state index in [9.17, 15) is 4.79 Å². The Bertz CT molecular complexity index is 363. The van der Waals surface area contributed by atoms with Crippen LogP contribution in [-0.4, -0.2) is 19.1 Å². The molecule has 0 atom stereocenters. The van der Waals surface area contributed by atoms with Crippen LogP contribution in [0.15, 0.2) is 18.2 Å². The number of hydrogen-bond acceptors (Lipinski definition) is 3. The van der Waals surface area contributed by atoms with Crippen molar-refractivity contribution in [1.82, 2.24) is 5.32 Å². The lowest BCUT2D eigenvalue weighted by molar-refractivity contribution is 0.0999. The van der Waals surface area contributed by atoms with Crippen LogP contribution < -0.4 is 15.8 Å². The highest BCUT2D eigenvalue weighted by Gasteiger charge is 2.14. The first-order chi connectivity index (χ1) is 6.79. The van der Waals surface area contributed by atoms with Crippen molar-refractivity contribution in [3.8, 4) is 5.75 Å². The van der Waals surface area contributed by atoms with Crippen molar-refractivity contribution >= 4 is 5.91 Å². The summed E-state index contributed by atoms with van der Waals surface area (Å²) in [5.41, 5.74) is 6.66. The molecular weight excluding hydrogens is 180 g/mol. The van der Waals surface area contributed by atoms with Gasteiger partial charge in [-0.1, -0.05) is 6.07 Å². The van der Waals surface area contributed by atoms with E-state index in [1.54, 1.807) is 12.1 Å². The fourth-order valence-corrected chi connectivity index (χ4v) is 1.56. The van der Waals surface area contributed by atoms with Crippen molar-refractivity contribution in [2.45, 2.75) is 6.54 Å². The predicted molar refractivity (Wildman–Crippen MR) is 52.2 cm³/mol. The summed E-state index contributed by atoms with van der Waals surface area (Å²) >= 11 is 0. The number of benzene rings is 1. The Labute approximate surface area is 82.1 Å². The number of ether oxygens (including phenoxy) is 1. The predicted octanol–water partition coefficient (Wildman–Crippen LogP) is 0.267. The van der Waals surface area contributed by atoms with Crippen LogP contribution in [0.3, 0.4) is 0 Å². The maximum atomic E-state index is 11.1. The van der Waals surface area contributed by atoms with Gasteiger partial charge in [-0.15, -0.1) is 0 Å². The molecule has 14 heavy (non-hydrogen) atoms. The molecule has 0 saturated heterocycles. The van der Waals surface area contributed by atoms with E-state index in [2.05, 4.69) is 5.32 Å². The lowest BCUT2D eigenvalue weighted by Gasteiger charge is -2.09. The molecule has 0 aliphatic carbocycles. The second-order valence-electron chi connectivity index (χ2n) is 3.17. The van der Waals surface area contributed by atoms with Crippen LogP contribution in [0.2, 0.25) is 0 Å². The van der Waals surface area contributed by atoms with E-state index in [1.807, 2.05) is 6.07 Å². The van der Waals surface area contributed by atoms with E-state index in [0.717, 1.165) is 17.9 Å². The summed E-state index contributed by atoms with van der Waals surface area (Å²) in [6, 6.07) is 5.36. The normalized spacial score (nSPS) is 15.1. The van der Waals surface area contributed by atoms with Gasteiger partial charge in [0.1, 0.15) is 12.4 Å². The molecule has 0 spiro atoms. The maximum absolute atomic E-state index is 11.1. The Kier molecular flexibility index (Phi) is 2.37. The van der Waals surface area contributed by atoms with Gasteiger partial charge in [-0.25, -0.2) is 0 Å². The van der Waals surface area contributed by atoms with Crippen LogP contribution in [0.5, 0.6) is 5.75 Å². The lowest BCUT2D eigenvalue weighted by Crippen LogP contribution is -2.19. The Morgan fingerprint density at radius 1 is 1.50 bits per heavy atom. The number of carbonyl (C=O) groups excluding carboxylic acids is 1. The highest BCUT2D eigenvalue weighted by Crippen LogP contribution is 2.23. The van der Waals surface area contributed by atoms with Crippen molar-refractivity contribution in [3.05, 3.63) is 29.3 Å². The molecule has 0 fully saturated rings. The number of nitrogens with two attached hydrogens (primary N) is 1. The first-order valence-electron chi connectivity index (χ1n) is 4.54. The Hall–Kier alpha value is -1.55. The van der Waals surface area contributed by atoms with Gasteiger partial charge in [0, 0.05) is 24.2 Å². The van der Waals surface area contributed by atoms with E-state index in [1.165, 1.54) is 0 Å². The van der Waals surface area contributed by atoms with Crippen molar-refractivity contribution in [2.24, 2.45) is 5.73 Å². The molecule has 74 valence electrons. The molecule has 0 radical (unpaired) electrons. The minimum Gasteiger partial charge on any atom is -0.492 e. The summed E-state index contributed by atoms with van der Waals surface area (Å²) in [5.74, 6) is 0.348. The molecule has 1 amide bonds. The number of hydrogen-bond donors (Lipinski definition) is 2. The van der Waals surface area contributed by atoms with E-state index in [-0.39, 0.29) is 0 Å². The fourth-order valence-electron chi connectivity index (χ4n) is 1.56. The van der Waals surface area contributed by atoms with E-state index in [0.29, 0.717) is 18.7 Å². The molecular formula is C10H12N2O2. The minimum absolute atomic E-state index is 0.408. The Morgan fingerprint density at radius 3 is 3.14 bits per heavy atom. The average Bonchev–Trinajstić information content (AvgIpc) is 2.41. The highest BCUT2D eigenvalue weighted by molar-refractivity contribution is 5.95. The molecule has 1 aromatic carbocycles. The van der Waals surface area contributed by atoms with Crippen LogP contribution in [-0.2, 0) is 6.54 Å². The zero-order valence-electron chi connectivity index (χ0n) is 7.75. The largest absolute Gasteiger partial charge is 0.492 e. The summed E-state index contributed by atoms with van der Waals surface area (Å²) in [6.45, 7) is 2.04. The molecule has 3 N–H and O–H groups in total. The third-order valence-corrected chi connectivity index (χ3v) is 2.24. The van der Waals surface area contributed by atoms with Crippen LogP contribution in [0.4, 0.5) is 0 Å². The van der Waals surface area contributed by atoms with Crippen molar-refractivity contribution in [2.75, 3.05) is 13.2 Å². The fraction of sp³-hybridized carbons (Fsp3) is 0.300. The first-order valence-corrected chi connectivity index (χ1v) is 4.54. The number of rotatable bonds is 1. The zero-order valence-corrected chi connectivity index (χ0v) is 7.75. The second kappa shape index (κ2) is 3.67. The van der Waals surface area contributed by atoms with Crippen molar-refractivity contribution < 1.29 is 9.53 Å². The summed E-state index contributed by atoms with van der Waals surface area (Å²) in [4.78, 5) is 11.1. The molecule has 0 aromatic heterocycles. The van der Waals surface area contributed by atoms with Gasteiger partial charge in [-0.2, -0.15) is 0 Å².